The van der Waals surface area contributed by atoms with Gasteiger partial charge in [0, 0.05) is 38.9 Å². The molecule has 0 bridgehead atoms. The first-order valence-corrected chi connectivity index (χ1v) is 10.5. The number of rotatable bonds is 4. The van der Waals surface area contributed by atoms with E-state index in [2.05, 4.69) is 0 Å². The Morgan fingerprint density at radius 3 is 2.65 bits per heavy atom. The Bertz CT molecular complexity index is 544. The zero-order chi connectivity index (χ0) is 16.5. The quantitative estimate of drug-likeness (QED) is 0.769. The fraction of sp³-hybridized carbons (Fsp3) is 0.938. The number of carbonyl (C=O) groups excluding carboxylic acids is 1. The van der Waals surface area contributed by atoms with Gasteiger partial charge < -0.3 is 9.64 Å². The van der Waals surface area contributed by atoms with Gasteiger partial charge in [-0.3, -0.25) is 4.79 Å². The topological polar surface area (TPSA) is 66.9 Å². The molecule has 0 saturated carbocycles. The van der Waals surface area contributed by atoms with Gasteiger partial charge in [0.05, 0.1) is 11.2 Å². The van der Waals surface area contributed by atoms with Crippen molar-refractivity contribution in [2.75, 3.05) is 38.6 Å². The second-order valence-corrected chi connectivity index (χ2v) is 9.21. The molecule has 7 heteroatoms. The maximum Gasteiger partial charge on any atom is 0.230 e. The van der Waals surface area contributed by atoms with Crippen LogP contribution >= 0.6 is 0 Å². The number of hydrogen-bond donors (Lipinski definition) is 0. The summed E-state index contributed by atoms with van der Waals surface area (Å²) in [6.45, 7) is 5.01. The summed E-state index contributed by atoms with van der Waals surface area (Å²) < 4.78 is 31.6. The number of carbonyl (C=O) groups is 1. The summed E-state index contributed by atoms with van der Waals surface area (Å²) in [5, 5.41) is 0. The standard InChI is InChI=1S/C16H28N2O4S/c1-2-12-23(20,21)17-9-7-16(13-17)6-3-8-18(15(16)19)14-4-10-22-11-5-14/h14H,2-13H2,1H3/t16-/m0/s1. The van der Waals surface area contributed by atoms with Gasteiger partial charge >= 0.3 is 0 Å². The van der Waals surface area contributed by atoms with Crippen molar-refractivity contribution in [1.29, 1.82) is 0 Å². The van der Waals surface area contributed by atoms with Gasteiger partial charge in [0.1, 0.15) is 0 Å². The number of piperidine rings is 1. The Kier molecular flexibility index (Phi) is 4.99. The van der Waals surface area contributed by atoms with Gasteiger partial charge in [-0.05, 0) is 38.5 Å². The van der Waals surface area contributed by atoms with Crippen LogP contribution in [0.2, 0.25) is 0 Å². The molecule has 3 fully saturated rings. The summed E-state index contributed by atoms with van der Waals surface area (Å²) in [6.07, 6.45) is 4.90. The van der Waals surface area contributed by atoms with E-state index in [9.17, 15) is 13.2 Å². The molecular weight excluding hydrogens is 316 g/mol. The first kappa shape index (κ1) is 17.2. The SMILES string of the molecule is CCCS(=O)(=O)N1CC[C@@]2(CCCN(C3CCOCC3)C2=O)C1. The van der Waals surface area contributed by atoms with Crippen LogP contribution in [0.5, 0.6) is 0 Å². The minimum Gasteiger partial charge on any atom is -0.381 e. The molecule has 132 valence electrons. The first-order chi connectivity index (χ1) is 11.0. The lowest BCUT2D eigenvalue weighted by Gasteiger charge is -2.44. The van der Waals surface area contributed by atoms with Crippen molar-refractivity contribution in [3.63, 3.8) is 0 Å². The van der Waals surface area contributed by atoms with Crippen molar-refractivity contribution in [3.05, 3.63) is 0 Å². The zero-order valence-corrected chi connectivity index (χ0v) is 14.8. The molecule has 1 amide bonds. The Hall–Kier alpha value is -0.660. The molecule has 3 heterocycles. The van der Waals surface area contributed by atoms with Crippen molar-refractivity contribution < 1.29 is 17.9 Å². The maximum atomic E-state index is 13.1. The van der Waals surface area contributed by atoms with E-state index in [1.165, 1.54) is 0 Å². The third-order valence-corrected chi connectivity index (χ3v) is 7.60. The minimum atomic E-state index is -3.21. The van der Waals surface area contributed by atoms with Crippen molar-refractivity contribution in [2.24, 2.45) is 5.41 Å². The molecule has 0 N–H and O–H groups in total. The van der Waals surface area contributed by atoms with Crippen LogP contribution in [0.4, 0.5) is 0 Å². The van der Waals surface area contributed by atoms with Crippen LogP contribution in [-0.2, 0) is 19.6 Å². The molecule has 23 heavy (non-hydrogen) atoms. The van der Waals surface area contributed by atoms with Gasteiger partial charge in [-0.1, -0.05) is 6.92 Å². The molecule has 6 nitrogen and oxygen atoms in total. The highest BCUT2D eigenvalue weighted by molar-refractivity contribution is 7.89. The Balaban J connectivity index is 1.73. The predicted octanol–water partition coefficient (Wildman–Crippen LogP) is 1.22. The van der Waals surface area contributed by atoms with Crippen LogP contribution in [0.1, 0.15) is 45.4 Å². The summed E-state index contributed by atoms with van der Waals surface area (Å²) in [5.74, 6) is 0.367. The third kappa shape index (κ3) is 3.28. The van der Waals surface area contributed by atoms with Gasteiger partial charge in [0.25, 0.3) is 0 Å². The lowest BCUT2D eigenvalue weighted by atomic mass is 9.77. The van der Waals surface area contributed by atoms with E-state index in [0.29, 0.717) is 25.9 Å². The highest BCUT2D eigenvalue weighted by Gasteiger charge is 2.51. The van der Waals surface area contributed by atoms with E-state index >= 15 is 0 Å². The van der Waals surface area contributed by atoms with E-state index in [-0.39, 0.29) is 17.7 Å². The van der Waals surface area contributed by atoms with E-state index < -0.39 is 15.4 Å². The summed E-state index contributed by atoms with van der Waals surface area (Å²) >= 11 is 0. The molecule has 1 atom stereocenters. The number of hydrogen-bond acceptors (Lipinski definition) is 4. The van der Waals surface area contributed by atoms with E-state index in [1.807, 2.05) is 11.8 Å². The fourth-order valence-corrected chi connectivity index (χ4v) is 5.87. The average Bonchev–Trinajstić information content (AvgIpc) is 2.97. The summed E-state index contributed by atoms with van der Waals surface area (Å²) in [6, 6.07) is 0.273. The van der Waals surface area contributed by atoms with Crippen molar-refractivity contribution in [1.82, 2.24) is 9.21 Å². The van der Waals surface area contributed by atoms with Crippen LogP contribution < -0.4 is 0 Å². The van der Waals surface area contributed by atoms with E-state index in [4.69, 9.17) is 4.74 Å². The van der Waals surface area contributed by atoms with Crippen molar-refractivity contribution in [3.8, 4) is 0 Å². The highest BCUT2D eigenvalue weighted by Crippen LogP contribution is 2.42. The van der Waals surface area contributed by atoms with Gasteiger partial charge in [-0.2, -0.15) is 0 Å². The fourth-order valence-electron chi connectivity index (χ4n) is 4.28. The molecule has 0 aromatic rings. The Labute approximate surface area is 139 Å². The Morgan fingerprint density at radius 1 is 1.22 bits per heavy atom. The molecule has 0 unspecified atom stereocenters. The number of likely N-dealkylation sites (tertiary alicyclic amines) is 1. The van der Waals surface area contributed by atoms with Gasteiger partial charge in [0.2, 0.25) is 15.9 Å². The second kappa shape index (κ2) is 6.69. The van der Waals surface area contributed by atoms with Crippen LogP contribution in [0, 0.1) is 5.41 Å². The molecule has 0 aromatic heterocycles. The van der Waals surface area contributed by atoms with Crippen LogP contribution in [-0.4, -0.2) is 68.2 Å². The smallest absolute Gasteiger partial charge is 0.230 e. The molecule has 0 radical (unpaired) electrons. The number of amides is 1. The maximum absolute atomic E-state index is 13.1. The monoisotopic (exact) mass is 344 g/mol. The highest BCUT2D eigenvalue weighted by atomic mass is 32.2. The summed E-state index contributed by atoms with van der Waals surface area (Å²) in [7, 11) is -3.21. The summed E-state index contributed by atoms with van der Waals surface area (Å²) in [5.41, 5.74) is -0.475. The van der Waals surface area contributed by atoms with Crippen LogP contribution in [0.25, 0.3) is 0 Å². The largest absolute Gasteiger partial charge is 0.381 e. The molecule has 3 saturated heterocycles. The number of sulfonamides is 1. The third-order valence-electron chi connectivity index (χ3n) is 5.57. The molecule has 3 aliphatic heterocycles. The van der Waals surface area contributed by atoms with Crippen LogP contribution in [0.3, 0.4) is 0 Å². The number of nitrogens with zero attached hydrogens (tertiary/aromatic N) is 2. The lowest BCUT2D eigenvalue weighted by Crippen LogP contribution is -2.55. The molecule has 0 aromatic carbocycles. The first-order valence-electron chi connectivity index (χ1n) is 8.85. The summed E-state index contributed by atoms with van der Waals surface area (Å²) in [4.78, 5) is 15.2. The van der Waals surface area contributed by atoms with Gasteiger partial charge in [0.15, 0.2) is 0 Å². The number of ether oxygens (including phenoxy) is 1. The van der Waals surface area contributed by atoms with Gasteiger partial charge in [-0.15, -0.1) is 0 Å². The van der Waals surface area contributed by atoms with E-state index in [0.717, 1.165) is 45.4 Å². The Morgan fingerprint density at radius 2 is 1.96 bits per heavy atom. The molecule has 1 spiro atoms. The van der Waals surface area contributed by atoms with E-state index in [1.54, 1.807) is 4.31 Å². The van der Waals surface area contributed by atoms with Gasteiger partial charge in [-0.25, -0.2) is 12.7 Å². The average molecular weight is 344 g/mol. The molecule has 3 aliphatic rings. The van der Waals surface area contributed by atoms with Crippen LogP contribution in [0.15, 0.2) is 0 Å². The van der Waals surface area contributed by atoms with Crippen molar-refractivity contribution >= 4 is 15.9 Å². The van der Waals surface area contributed by atoms with Crippen molar-refractivity contribution in [2.45, 2.75) is 51.5 Å². The second-order valence-electron chi connectivity index (χ2n) is 7.13. The molecule has 3 rings (SSSR count). The minimum absolute atomic E-state index is 0.181. The lowest BCUT2D eigenvalue weighted by molar-refractivity contribution is -0.150. The molecular formula is C16H28N2O4S. The molecule has 0 aliphatic carbocycles. The predicted molar refractivity (Wildman–Crippen MR) is 87.5 cm³/mol. The zero-order valence-electron chi connectivity index (χ0n) is 14.0. The normalized spacial score (nSPS) is 31.2.